The van der Waals surface area contributed by atoms with Crippen molar-refractivity contribution in [3.05, 3.63) is 108 Å². The average Bonchev–Trinajstić information content (AvgIpc) is 3.37. The van der Waals surface area contributed by atoms with E-state index >= 15 is 0 Å². The molecule has 0 saturated heterocycles. The number of carbonyl (C=O) groups is 1. The minimum atomic E-state index is -4.02. The average molecular weight is 481 g/mol. The van der Waals surface area contributed by atoms with Crippen LogP contribution >= 0.6 is 11.6 Å². The van der Waals surface area contributed by atoms with Gasteiger partial charge in [0, 0.05) is 18.9 Å². The highest BCUT2D eigenvalue weighted by Crippen LogP contribution is 2.30. The second kappa shape index (κ2) is 9.89. The molecule has 3 aromatic carbocycles. The lowest BCUT2D eigenvalue weighted by atomic mass is 10.1. The van der Waals surface area contributed by atoms with E-state index in [1.54, 1.807) is 55.0 Å². The van der Waals surface area contributed by atoms with Crippen molar-refractivity contribution in [1.29, 1.82) is 0 Å². The van der Waals surface area contributed by atoms with Gasteiger partial charge in [0.15, 0.2) is 0 Å². The summed E-state index contributed by atoms with van der Waals surface area (Å²) < 4.78 is 29.6. The van der Waals surface area contributed by atoms with Gasteiger partial charge in [-0.05, 0) is 35.9 Å². The molecule has 1 heterocycles. The molecule has 168 valence electrons. The van der Waals surface area contributed by atoms with Crippen LogP contribution < -0.4 is 9.62 Å². The van der Waals surface area contributed by atoms with E-state index in [1.165, 1.54) is 12.1 Å². The lowest BCUT2D eigenvalue weighted by molar-refractivity contribution is -0.119. The topological polar surface area (TPSA) is 84.3 Å². The lowest BCUT2D eigenvalue weighted by Gasteiger charge is -2.25. The summed E-state index contributed by atoms with van der Waals surface area (Å²) in [5.74, 6) is -0.463. The molecule has 7 nitrogen and oxygen atoms in total. The molecule has 0 bridgehead atoms. The zero-order valence-electron chi connectivity index (χ0n) is 17.5. The lowest BCUT2D eigenvalue weighted by Crippen LogP contribution is -2.40. The number of nitrogens with zero attached hydrogens (tertiary/aromatic N) is 3. The first-order valence-corrected chi connectivity index (χ1v) is 11.9. The van der Waals surface area contributed by atoms with Crippen LogP contribution in [0.5, 0.6) is 0 Å². The number of anilines is 1. The van der Waals surface area contributed by atoms with E-state index in [1.807, 2.05) is 35.0 Å². The SMILES string of the molecule is O=C(CN(c1ccccc1Cl)S(=O)(=O)c1ccccc1)NCc1ccccc1-n1ccnc1. The fourth-order valence-corrected chi connectivity index (χ4v) is 5.12. The van der Waals surface area contributed by atoms with Crippen LogP contribution in [0.25, 0.3) is 5.69 Å². The Kier molecular flexibility index (Phi) is 6.76. The molecule has 0 spiro atoms. The molecule has 0 saturated carbocycles. The molecule has 0 aliphatic heterocycles. The van der Waals surface area contributed by atoms with Crippen LogP contribution in [0.3, 0.4) is 0 Å². The molecule has 0 fully saturated rings. The highest BCUT2D eigenvalue weighted by Gasteiger charge is 2.28. The van der Waals surface area contributed by atoms with Gasteiger partial charge in [0.05, 0.1) is 27.6 Å². The Morgan fingerprint density at radius 3 is 2.39 bits per heavy atom. The number of rotatable bonds is 8. The Bertz CT molecular complexity index is 1340. The van der Waals surface area contributed by atoms with Crippen molar-refractivity contribution in [2.24, 2.45) is 0 Å². The fourth-order valence-electron chi connectivity index (χ4n) is 3.37. The van der Waals surface area contributed by atoms with E-state index in [2.05, 4.69) is 10.3 Å². The van der Waals surface area contributed by atoms with Gasteiger partial charge < -0.3 is 9.88 Å². The van der Waals surface area contributed by atoms with Gasteiger partial charge >= 0.3 is 0 Å². The van der Waals surface area contributed by atoms with Gasteiger partial charge in [-0.25, -0.2) is 13.4 Å². The highest BCUT2D eigenvalue weighted by molar-refractivity contribution is 7.92. The summed E-state index contributed by atoms with van der Waals surface area (Å²) in [6.07, 6.45) is 5.16. The number of imidazole rings is 1. The molecule has 9 heteroatoms. The van der Waals surface area contributed by atoms with Gasteiger partial charge in [-0.15, -0.1) is 0 Å². The maximum absolute atomic E-state index is 13.4. The van der Waals surface area contributed by atoms with Crippen molar-refractivity contribution in [3.63, 3.8) is 0 Å². The van der Waals surface area contributed by atoms with Crippen LogP contribution in [0.4, 0.5) is 5.69 Å². The van der Waals surface area contributed by atoms with E-state index < -0.39 is 22.5 Å². The monoisotopic (exact) mass is 480 g/mol. The molecule has 4 rings (SSSR count). The number of hydrogen-bond acceptors (Lipinski definition) is 4. The van der Waals surface area contributed by atoms with E-state index in [0.29, 0.717) is 0 Å². The molecular weight excluding hydrogens is 460 g/mol. The molecule has 33 heavy (non-hydrogen) atoms. The molecule has 0 unspecified atom stereocenters. The van der Waals surface area contributed by atoms with Crippen LogP contribution in [0, 0.1) is 0 Å². The molecule has 0 aliphatic carbocycles. The third-order valence-corrected chi connectivity index (χ3v) is 7.08. The number of nitrogens with one attached hydrogen (secondary N) is 1. The van der Waals surface area contributed by atoms with Crippen molar-refractivity contribution in [2.45, 2.75) is 11.4 Å². The summed E-state index contributed by atoms with van der Waals surface area (Å²) in [4.78, 5) is 17.0. The Hall–Kier alpha value is -3.62. The van der Waals surface area contributed by atoms with Crippen LogP contribution in [-0.4, -0.2) is 30.4 Å². The zero-order valence-corrected chi connectivity index (χ0v) is 19.1. The molecule has 0 aliphatic rings. The predicted octanol–water partition coefficient (Wildman–Crippen LogP) is 4.04. The standard InChI is InChI=1S/C24H21ClN4O3S/c25-21-11-5-7-13-23(21)29(33(31,32)20-9-2-1-3-10-20)17-24(30)27-16-19-8-4-6-12-22(19)28-15-14-26-18-28/h1-15,18H,16-17H2,(H,27,30). The number of carbonyl (C=O) groups excluding carboxylic acids is 1. The largest absolute Gasteiger partial charge is 0.350 e. The van der Waals surface area contributed by atoms with Gasteiger partial charge in [0.25, 0.3) is 10.0 Å². The number of benzene rings is 3. The molecule has 1 amide bonds. The van der Waals surface area contributed by atoms with E-state index in [0.717, 1.165) is 15.6 Å². The predicted molar refractivity (Wildman–Crippen MR) is 128 cm³/mol. The molecule has 0 atom stereocenters. The third kappa shape index (κ3) is 5.08. The van der Waals surface area contributed by atoms with Crippen molar-refractivity contribution in [2.75, 3.05) is 10.8 Å². The summed E-state index contributed by atoms with van der Waals surface area (Å²) in [6.45, 7) is -0.205. The van der Waals surface area contributed by atoms with Crippen molar-refractivity contribution in [3.8, 4) is 5.69 Å². The highest BCUT2D eigenvalue weighted by atomic mass is 35.5. The summed E-state index contributed by atoms with van der Waals surface area (Å²) in [5.41, 5.74) is 1.96. The van der Waals surface area contributed by atoms with E-state index in [-0.39, 0.29) is 22.2 Å². The normalized spacial score (nSPS) is 11.2. The quantitative estimate of drug-likeness (QED) is 0.412. The number of amides is 1. The number of sulfonamides is 1. The van der Waals surface area contributed by atoms with E-state index in [9.17, 15) is 13.2 Å². The van der Waals surface area contributed by atoms with Gasteiger partial charge in [-0.1, -0.05) is 60.1 Å². The van der Waals surface area contributed by atoms with Crippen LogP contribution in [0.2, 0.25) is 5.02 Å². The van der Waals surface area contributed by atoms with Crippen LogP contribution in [0.15, 0.2) is 102 Å². The molecule has 1 N–H and O–H groups in total. The summed E-state index contributed by atoms with van der Waals surface area (Å²) in [7, 11) is -4.02. The number of para-hydroxylation sites is 2. The molecular formula is C24H21ClN4O3S. The maximum atomic E-state index is 13.4. The number of aromatic nitrogens is 2. The summed E-state index contributed by atoms with van der Waals surface area (Å²) in [5, 5.41) is 3.05. The first kappa shape index (κ1) is 22.6. The minimum Gasteiger partial charge on any atom is -0.350 e. The summed E-state index contributed by atoms with van der Waals surface area (Å²) >= 11 is 6.30. The maximum Gasteiger partial charge on any atom is 0.264 e. The second-order valence-electron chi connectivity index (χ2n) is 7.15. The van der Waals surface area contributed by atoms with Crippen molar-refractivity contribution in [1.82, 2.24) is 14.9 Å². The van der Waals surface area contributed by atoms with Crippen molar-refractivity contribution >= 4 is 33.2 Å². The summed E-state index contributed by atoms with van der Waals surface area (Å²) in [6, 6.07) is 22.1. The number of halogens is 1. The smallest absolute Gasteiger partial charge is 0.264 e. The third-order valence-electron chi connectivity index (χ3n) is 4.99. The fraction of sp³-hybridized carbons (Fsp3) is 0.0833. The van der Waals surface area contributed by atoms with Crippen LogP contribution in [-0.2, 0) is 21.4 Å². The Balaban J connectivity index is 1.58. The second-order valence-corrected chi connectivity index (χ2v) is 9.42. The van der Waals surface area contributed by atoms with Gasteiger partial charge in [0.1, 0.15) is 6.54 Å². The van der Waals surface area contributed by atoms with Gasteiger partial charge in [-0.2, -0.15) is 0 Å². The molecule has 1 aromatic heterocycles. The van der Waals surface area contributed by atoms with Gasteiger partial charge in [0.2, 0.25) is 5.91 Å². The van der Waals surface area contributed by atoms with Crippen molar-refractivity contribution < 1.29 is 13.2 Å². The number of hydrogen-bond donors (Lipinski definition) is 1. The van der Waals surface area contributed by atoms with E-state index in [4.69, 9.17) is 11.6 Å². The Labute approximate surface area is 197 Å². The molecule has 0 radical (unpaired) electrons. The minimum absolute atomic E-state index is 0.0724. The first-order valence-electron chi connectivity index (χ1n) is 10.1. The zero-order chi connectivity index (χ0) is 23.3. The van der Waals surface area contributed by atoms with Gasteiger partial charge in [-0.3, -0.25) is 9.10 Å². The first-order chi connectivity index (χ1) is 16.0. The molecule has 4 aromatic rings. The Morgan fingerprint density at radius 1 is 0.970 bits per heavy atom. The Morgan fingerprint density at radius 2 is 1.67 bits per heavy atom. The van der Waals surface area contributed by atoms with Crippen LogP contribution in [0.1, 0.15) is 5.56 Å².